The number of ether oxygens (including phenoxy) is 1. The standard InChI is InChI=1S/C24H32N4O2/c1-25-24(26-16-18-11-13-22(30-2)14-12-18)27-17-19-7-6-10-21(15-19)28-23(29)20-8-4-3-5-9-20/h6-7,10-15,20H,3-5,8-9,16-17H2,1-2H3,(H,28,29)(H2,25,26,27). The third-order valence-corrected chi connectivity index (χ3v) is 5.47. The number of benzene rings is 2. The van der Waals surface area contributed by atoms with Crippen molar-refractivity contribution in [2.24, 2.45) is 10.9 Å². The Balaban J connectivity index is 1.48. The van der Waals surface area contributed by atoms with Crippen LogP contribution in [0.1, 0.15) is 43.2 Å². The molecule has 0 aliphatic heterocycles. The van der Waals surface area contributed by atoms with Crippen LogP contribution in [0.3, 0.4) is 0 Å². The van der Waals surface area contributed by atoms with Crippen molar-refractivity contribution in [3.8, 4) is 5.75 Å². The number of carbonyl (C=O) groups is 1. The van der Waals surface area contributed by atoms with Crippen LogP contribution in [0.2, 0.25) is 0 Å². The van der Waals surface area contributed by atoms with Gasteiger partial charge in [-0.2, -0.15) is 0 Å². The van der Waals surface area contributed by atoms with Gasteiger partial charge in [0.1, 0.15) is 5.75 Å². The van der Waals surface area contributed by atoms with Gasteiger partial charge in [0, 0.05) is 31.7 Å². The molecule has 0 bridgehead atoms. The predicted octanol–water partition coefficient (Wildman–Crippen LogP) is 4.08. The van der Waals surface area contributed by atoms with E-state index in [0.29, 0.717) is 13.1 Å². The summed E-state index contributed by atoms with van der Waals surface area (Å²) in [6.45, 7) is 1.29. The molecular weight excluding hydrogens is 376 g/mol. The topological polar surface area (TPSA) is 74.8 Å². The molecule has 1 aliphatic carbocycles. The number of amides is 1. The van der Waals surface area contributed by atoms with E-state index in [0.717, 1.165) is 54.2 Å². The van der Waals surface area contributed by atoms with Crippen molar-refractivity contribution >= 4 is 17.6 Å². The van der Waals surface area contributed by atoms with Crippen molar-refractivity contribution < 1.29 is 9.53 Å². The molecular formula is C24H32N4O2. The summed E-state index contributed by atoms with van der Waals surface area (Å²) in [5, 5.41) is 9.72. The maximum atomic E-state index is 12.5. The lowest BCUT2D eigenvalue weighted by molar-refractivity contribution is -0.120. The molecule has 2 aromatic carbocycles. The van der Waals surface area contributed by atoms with E-state index in [9.17, 15) is 4.79 Å². The second kappa shape index (κ2) is 11.2. The highest BCUT2D eigenvalue weighted by Crippen LogP contribution is 2.25. The van der Waals surface area contributed by atoms with Crippen LogP contribution >= 0.6 is 0 Å². The maximum Gasteiger partial charge on any atom is 0.227 e. The largest absolute Gasteiger partial charge is 0.497 e. The van der Waals surface area contributed by atoms with Gasteiger partial charge in [-0.15, -0.1) is 0 Å². The zero-order chi connectivity index (χ0) is 21.2. The first-order valence-corrected chi connectivity index (χ1v) is 10.6. The third-order valence-electron chi connectivity index (χ3n) is 5.47. The summed E-state index contributed by atoms with van der Waals surface area (Å²) in [6, 6.07) is 15.9. The van der Waals surface area contributed by atoms with Crippen LogP contribution in [0.5, 0.6) is 5.75 Å². The van der Waals surface area contributed by atoms with E-state index in [-0.39, 0.29) is 11.8 Å². The second-order valence-corrected chi connectivity index (χ2v) is 7.65. The molecule has 3 rings (SSSR count). The van der Waals surface area contributed by atoms with Gasteiger partial charge in [-0.25, -0.2) is 0 Å². The Morgan fingerprint density at radius 1 is 1.00 bits per heavy atom. The Morgan fingerprint density at radius 2 is 1.70 bits per heavy atom. The molecule has 1 aliphatic rings. The number of hydrogen-bond donors (Lipinski definition) is 3. The van der Waals surface area contributed by atoms with Crippen molar-refractivity contribution in [2.75, 3.05) is 19.5 Å². The molecule has 1 fully saturated rings. The SMILES string of the molecule is CN=C(NCc1ccc(OC)cc1)NCc1cccc(NC(=O)C2CCCCC2)c1. The first kappa shape index (κ1) is 21.7. The fraction of sp³-hybridized carbons (Fsp3) is 0.417. The molecule has 0 heterocycles. The smallest absolute Gasteiger partial charge is 0.227 e. The summed E-state index contributed by atoms with van der Waals surface area (Å²) in [4.78, 5) is 16.8. The molecule has 3 N–H and O–H groups in total. The minimum atomic E-state index is 0.150. The van der Waals surface area contributed by atoms with Gasteiger partial charge < -0.3 is 20.7 Å². The number of nitrogens with one attached hydrogen (secondary N) is 3. The molecule has 0 aromatic heterocycles. The van der Waals surface area contributed by atoms with E-state index in [2.05, 4.69) is 20.9 Å². The molecule has 0 unspecified atom stereocenters. The van der Waals surface area contributed by atoms with Crippen LogP contribution < -0.4 is 20.7 Å². The van der Waals surface area contributed by atoms with Crippen molar-refractivity contribution in [3.05, 3.63) is 59.7 Å². The monoisotopic (exact) mass is 408 g/mol. The highest BCUT2D eigenvalue weighted by Gasteiger charge is 2.21. The summed E-state index contributed by atoms with van der Waals surface area (Å²) in [7, 11) is 3.42. The second-order valence-electron chi connectivity index (χ2n) is 7.65. The van der Waals surface area contributed by atoms with Gasteiger partial charge in [-0.1, -0.05) is 43.5 Å². The molecule has 2 aromatic rings. The number of hydrogen-bond acceptors (Lipinski definition) is 3. The van der Waals surface area contributed by atoms with E-state index in [1.54, 1.807) is 14.2 Å². The lowest BCUT2D eigenvalue weighted by atomic mass is 9.88. The Morgan fingerprint density at radius 3 is 2.37 bits per heavy atom. The molecule has 0 saturated heterocycles. The lowest BCUT2D eigenvalue weighted by Crippen LogP contribution is -2.36. The zero-order valence-electron chi connectivity index (χ0n) is 17.9. The number of nitrogens with zero attached hydrogens (tertiary/aromatic N) is 1. The molecule has 1 amide bonds. The summed E-state index contributed by atoms with van der Waals surface area (Å²) in [5.74, 6) is 1.87. The minimum Gasteiger partial charge on any atom is -0.497 e. The number of anilines is 1. The normalized spacial score (nSPS) is 14.8. The molecule has 0 atom stereocenters. The summed E-state index contributed by atoms with van der Waals surface area (Å²) < 4.78 is 5.19. The fourth-order valence-electron chi connectivity index (χ4n) is 3.70. The number of guanidine groups is 1. The van der Waals surface area contributed by atoms with Gasteiger partial charge in [-0.3, -0.25) is 9.79 Å². The van der Waals surface area contributed by atoms with Crippen molar-refractivity contribution in [2.45, 2.75) is 45.2 Å². The quantitative estimate of drug-likeness (QED) is 0.477. The van der Waals surface area contributed by atoms with Gasteiger partial charge in [-0.05, 0) is 48.2 Å². The maximum absolute atomic E-state index is 12.5. The van der Waals surface area contributed by atoms with Crippen LogP contribution in [0.15, 0.2) is 53.5 Å². The van der Waals surface area contributed by atoms with Gasteiger partial charge >= 0.3 is 0 Å². The third kappa shape index (κ3) is 6.51. The average molecular weight is 409 g/mol. The number of aliphatic imine (C=N–C) groups is 1. The van der Waals surface area contributed by atoms with Gasteiger partial charge in [0.05, 0.1) is 7.11 Å². The van der Waals surface area contributed by atoms with Crippen molar-refractivity contribution in [3.63, 3.8) is 0 Å². The predicted molar refractivity (Wildman–Crippen MR) is 122 cm³/mol. The summed E-state index contributed by atoms with van der Waals surface area (Å²) >= 11 is 0. The van der Waals surface area contributed by atoms with Crippen LogP contribution in [-0.2, 0) is 17.9 Å². The Hall–Kier alpha value is -3.02. The van der Waals surface area contributed by atoms with Crippen LogP contribution in [0.4, 0.5) is 5.69 Å². The molecule has 0 spiro atoms. The first-order valence-electron chi connectivity index (χ1n) is 10.6. The zero-order valence-corrected chi connectivity index (χ0v) is 17.9. The van der Waals surface area contributed by atoms with E-state index < -0.39 is 0 Å². The summed E-state index contributed by atoms with van der Waals surface area (Å²) in [6.07, 6.45) is 5.57. The van der Waals surface area contributed by atoms with Crippen LogP contribution in [-0.4, -0.2) is 26.0 Å². The average Bonchev–Trinajstić information content (AvgIpc) is 2.80. The molecule has 6 nitrogen and oxygen atoms in total. The molecule has 6 heteroatoms. The number of carbonyl (C=O) groups excluding carboxylic acids is 1. The van der Waals surface area contributed by atoms with Crippen molar-refractivity contribution in [1.82, 2.24) is 10.6 Å². The van der Waals surface area contributed by atoms with E-state index >= 15 is 0 Å². The van der Waals surface area contributed by atoms with E-state index in [1.807, 2.05) is 48.5 Å². The molecule has 0 radical (unpaired) electrons. The molecule has 1 saturated carbocycles. The Bertz CT molecular complexity index is 843. The summed E-state index contributed by atoms with van der Waals surface area (Å²) in [5.41, 5.74) is 3.08. The van der Waals surface area contributed by atoms with Gasteiger partial charge in [0.2, 0.25) is 5.91 Å². The van der Waals surface area contributed by atoms with Gasteiger partial charge in [0.25, 0.3) is 0 Å². The highest BCUT2D eigenvalue weighted by atomic mass is 16.5. The number of rotatable bonds is 7. The molecule has 160 valence electrons. The molecule has 30 heavy (non-hydrogen) atoms. The number of methoxy groups -OCH3 is 1. The van der Waals surface area contributed by atoms with E-state index in [1.165, 1.54) is 6.42 Å². The minimum absolute atomic E-state index is 0.150. The fourth-order valence-corrected chi connectivity index (χ4v) is 3.70. The van der Waals surface area contributed by atoms with Crippen molar-refractivity contribution in [1.29, 1.82) is 0 Å². The van der Waals surface area contributed by atoms with Crippen LogP contribution in [0, 0.1) is 5.92 Å². The Labute approximate surface area is 179 Å². The lowest BCUT2D eigenvalue weighted by Gasteiger charge is -2.21. The van der Waals surface area contributed by atoms with E-state index in [4.69, 9.17) is 4.74 Å². The van der Waals surface area contributed by atoms with Gasteiger partial charge in [0.15, 0.2) is 5.96 Å². The highest BCUT2D eigenvalue weighted by molar-refractivity contribution is 5.92. The first-order chi connectivity index (χ1) is 14.7. The van der Waals surface area contributed by atoms with Crippen LogP contribution in [0.25, 0.3) is 0 Å². The Kier molecular flexibility index (Phi) is 8.12.